The number of nitrogens with zero attached hydrogens (tertiary/aromatic N) is 1. The summed E-state index contributed by atoms with van der Waals surface area (Å²) in [5.74, 6) is 0. The second kappa shape index (κ2) is 6.68. The molecule has 1 aliphatic heterocycles. The Morgan fingerprint density at radius 3 is 2.47 bits per heavy atom. The van der Waals surface area contributed by atoms with Crippen LogP contribution in [0.15, 0.2) is 0 Å². The van der Waals surface area contributed by atoms with Gasteiger partial charge in [-0.2, -0.15) is 0 Å². The Morgan fingerprint density at radius 1 is 1.41 bits per heavy atom. The summed E-state index contributed by atoms with van der Waals surface area (Å²) in [5, 5.41) is 2.55. The van der Waals surface area contributed by atoms with Gasteiger partial charge in [0.15, 0.2) is 0 Å². The molecule has 17 heavy (non-hydrogen) atoms. The molecule has 1 unspecified atom stereocenters. The topological polar surface area (TPSA) is 58.6 Å². The lowest BCUT2D eigenvalue weighted by atomic mass is 10.1. The van der Waals surface area contributed by atoms with Gasteiger partial charge in [0.05, 0.1) is 11.4 Å². The number of hydrogen-bond acceptors (Lipinski definition) is 4. The van der Waals surface area contributed by atoms with Crippen molar-refractivity contribution in [3.8, 4) is 0 Å². The van der Waals surface area contributed by atoms with Crippen molar-refractivity contribution in [3.05, 3.63) is 0 Å². The van der Waals surface area contributed by atoms with Gasteiger partial charge in [0.2, 0.25) is 10.0 Å². The summed E-state index contributed by atoms with van der Waals surface area (Å²) < 4.78 is 31.5. The number of sulfonamides is 1. The van der Waals surface area contributed by atoms with E-state index in [9.17, 15) is 8.42 Å². The Balaban J connectivity index is 2.52. The third kappa shape index (κ3) is 3.91. The Labute approximate surface area is 105 Å². The van der Waals surface area contributed by atoms with Crippen LogP contribution >= 0.6 is 0 Å². The van der Waals surface area contributed by atoms with E-state index in [-0.39, 0.29) is 11.4 Å². The van der Waals surface area contributed by atoms with Gasteiger partial charge in [-0.25, -0.2) is 12.7 Å². The first kappa shape index (κ1) is 14.9. The molecule has 0 bridgehead atoms. The highest BCUT2D eigenvalue weighted by Gasteiger charge is 2.31. The summed E-state index contributed by atoms with van der Waals surface area (Å²) in [6.07, 6.45) is 1.84. The van der Waals surface area contributed by atoms with Crippen LogP contribution in [0.2, 0.25) is 0 Å². The van der Waals surface area contributed by atoms with Gasteiger partial charge < -0.3 is 10.1 Å². The first-order valence-electron chi connectivity index (χ1n) is 6.27. The maximum absolute atomic E-state index is 12.2. The zero-order valence-corrected chi connectivity index (χ0v) is 11.8. The van der Waals surface area contributed by atoms with Crippen LogP contribution in [0.25, 0.3) is 0 Å². The van der Waals surface area contributed by atoms with E-state index in [1.165, 1.54) is 0 Å². The minimum atomic E-state index is -3.15. The average molecular weight is 264 g/mol. The van der Waals surface area contributed by atoms with Crippen LogP contribution in [-0.4, -0.2) is 57.4 Å². The van der Waals surface area contributed by atoms with Crippen LogP contribution in [-0.2, 0) is 14.8 Å². The predicted molar refractivity (Wildman–Crippen MR) is 68.5 cm³/mol. The van der Waals surface area contributed by atoms with E-state index in [2.05, 4.69) is 5.32 Å². The van der Waals surface area contributed by atoms with Gasteiger partial charge in [-0.05, 0) is 33.7 Å². The summed E-state index contributed by atoms with van der Waals surface area (Å²) in [6, 6.07) is 0. The van der Waals surface area contributed by atoms with E-state index in [4.69, 9.17) is 4.74 Å². The van der Waals surface area contributed by atoms with Crippen molar-refractivity contribution in [2.45, 2.75) is 38.0 Å². The summed E-state index contributed by atoms with van der Waals surface area (Å²) in [5.41, 5.74) is 0. The van der Waals surface area contributed by atoms with Crippen LogP contribution in [0, 0.1) is 0 Å². The molecular weight excluding hydrogens is 240 g/mol. The van der Waals surface area contributed by atoms with E-state index in [0.717, 1.165) is 12.8 Å². The predicted octanol–water partition coefficient (Wildman–Crippen LogP) is 0.425. The molecule has 0 aromatic rings. The largest absolute Gasteiger partial charge is 0.378 e. The van der Waals surface area contributed by atoms with Gasteiger partial charge in [-0.15, -0.1) is 0 Å². The van der Waals surface area contributed by atoms with Gasteiger partial charge in [-0.3, -0.25) is 0 Å². The van der Waals surface area contributed by atoms with Crippen molar-refractivity contribution in [3.63, 3.8) is 0 Å². The minimum Gasteiger partial charge on any atom is -0.378 e. The van der Waals surface area contributed by atoms with Crippen molar-refractivity contribution in [2.75, 3.05) is 33.3 Å². The summed E-state index contributed by atoms with van der Waals surface area (Å²) in [6.45, 7) is 6.09. The molecule has 1 N–H and O–H groups in total. The Morgan fingerprint density at radius 2 is 2.00 bits per heavy atom. The maximum Gasteiger partial charge on any atom is 0.217 e. The monoisotopic (exact) mass is 264 g/mol. The smallest absolute Gasteiger partial charge is 0.217 e. The molecule has 1 atom stereocenters. The Bertz CT molecular complexity index is 311. The van der Waals surface area contributed by atoms with E-state index in [0.29, 0.717) is 26.2 Å². The summed E-state index contributed by atoms with van der Waals surface area (Å²) >= 11 is 0. The highest BCUT2D eigenvalue weighted by molar-refractivity contribution is 7.89. The zero-order chi connectivity index (χ0) is 12.9. The minimum absolute atomic E-state index is 0.228. The number of ether oxygens (including phenoxy) is 1. The molecule has 0 aliphatic carbocycles. The number of hydrogen-bond donors (Lipinski definition) is 1. The number of piperidine rings is 1. The van der Waals surface area contributed by atoms with Crippen LogP contribution in [0.3, 0.4) is 0 Å². The third-order valence-electron chi connectivity index (χ3n) is 3.16. The fourth-order valence-corrected chi connectivity index (χ4v) is 3.74. The van der Waals surface area contributed by atoms with Crippen molar-refractivity contribution in [1.29, 1.82) is 0 Å². The quantitative estimate of drug-likeness (QED) is 0.755. The van der Waals surface area contributed by atoms with E-state index in [1.54, 1.807) is 18.3 Å². The van der Waals surface area contributed by atoms with Crippen molar-refractivity contribution < 1.29 is 13.2 Å². The lowest BCUT2D eigenvalue weighted by Crippen LogP contribution is -2.46. The normalized spacial score (nSPS) is 21.6. The first-order chi connectivity index (χ1) is 8.02. The second-order valence-corrected chi connectivity index (χ2v) is 6.82. The summed E-state index contributed by atoms with van der Waals surface area (Å²) in [4.78, 5) is 0. The molecule has 5 nitrogen and oxygen atoms in total. The number of rotatable bonds is 6. The molecular formula is C11H24N2O3S. The molecule has 102 valence electrons. The van der Waals surface area contributed by atoms with Crippen molar-refractivity contribution in [1.82, 2.24) is 9.62 Å². The van der Waals surface area contributed by atoms with Crippen molar-refractivity contribution in [2.24, 2.45) is 0 Å². The summed E-state index contributed by atoms with van der Waals surface area (Å²) in [7, 11) is -1.38. The molecule has 0 amide bonds. The highest BCUT2D eigenvalue weighted by atomic mass is 32.2. The Kier molecular flexibility index (Phi) is 5.85. The molecule has 0 saturated carbocycles. The van der Waals surface area contributed by atoms with Crippen LogP contribution in [0.5, 0.6) is 0 Å². The van der Waals surface area contributed by atoms with Gasteiger partial charge >= 0.3 is 0 Å². The van der Waals surface area contributed by atoms with Gasteiger partial charge in [0.25, 0.3) is 0 Å². The van der Waals surface area contributed by atoms with Gasteiger partial charge in [-0.1, -0.05) is 0 Å². The second-order valence-electron chi connectivity index (χ2n) is 4.47. The van der Waals surface area contributed by atoms with E-state index >= 15 is 0 Å². The molecule has 0 aromatic carbocycles. The lowest BCUT2D eigenvalue weighted by Gasteiger charge is -2.32. The van der Waals surface area contributed by atoms with E-state index < -0.39 is 10.0 Å². The fourth-order valence-electron chi connectivity index (χ4n) is 2.14. The molecule has 6 heteroatoms. The van der Waals surface area contributed by atoms with Crippen LogP contribution in [0.4, 0.5) is 0 Å². The fraction of sp³-hybridized carbons (Fsp3) is 1.00. The number of nitrogens with one attached hydrogen (secondary N) is 1. The lowest BCUT2D eigenvalue weighted by molar-refractivity contribution is 0.0289. The van der Waals surface area contributed by atoms with Gasteiger partial charge in [0.1, 0.15) is 0 Å². The molecule has 1 fully saturated rings. The molecule has 1 rings (SSSR count). The molecule has 1 saturated heterocycles. The van der Waals surface area contributed by atoms with Gasteiger partial charge in [0, 0.05) is 26.2 Å². The zero-order valence-electron chi connectivity index (χ0n) is 11.0. The first-order valence-corrected chi connectivity index (χ1v) is 7.77. The standard InChI is InChI=1S/C11H24N2O3S/c1-4-16-11-5-7-13(8-6-11)17(14,15)10(2)9-12-3/h10-12H,4-9H2,1-3H3. The maximum atomic E-state index is 12.2. The van der Waals surface area contributed by atoms with E-state index in [1.807, 2.05) is 6.92 Å². The third-order valence-corrected chi connectivity index (χ3v) is 5.43. The molecule has 0 spiro atoms. The SMILES string of the molecule is CCOC1CCN(S(=O)(=O)C(C)CNC)CC1. The molecule has 0 aromatic heterocycles. The van der Waals surface area contributed by atoms with Crippen LogP contribution < -0.4 is 5.32 Å². The molecule has 1 heterocycles. The highest BCUT2D eigenvalue weighted by Crippen LogP contribution is 2.19. The molecule has 0 radical (unpaired) electrons. The van der Waals surface area contributed by atoms with Crippen molar-refractivity contribution >= 4 is 10.0 Å². The Hall–Kier alpha value is -0.170. The van der Waals surface area contributed by atoms with Crippen LogP contribution in [0.1, 0.15) is 26.7 Å². The average Bonchev–Trinajstić information content (AvgIpc) is 2.30. The molecule has 1 aliphatic rings.